The molecule has 0 amide bonds. The second kappa shape index (κ2) is 106. The Morgan fingerprint density at radius 1 is 0.833 bits per heavy atom. The molecule has 44 valence electrons. The molecular weight excluding hydrogens is 161 g/mol. The first-order valence-corrected chi connectivity index (χ1v) is 1.34. The second-order valence-electron chi connectivity index (χ2n) is 0. The van der Waals surface area contributed by atoms with E-state index < -0.39 is 0 Å². The van der Waals surface area contributed by atoms with Crippen LogP contribution >= 0.6 is 49.8 Å². The van der Waals surface area contributed by atoms with Crippen LogP contribution in [0.5, 0.6) is 0 Å². The molecule has 0 heterocycles. The summed E-state index contributed by atoms with van der Waals surface area (Å²) in [5, 5.41) is 0. The summed E-state index contributed by atoms with van der Waals surface area (Å²) in [5.41, 5.74) is 0. The minimum Gasteiger partial charge on any atom is -0.183 e. The molecule has 5 heteroatoms. The number of thiol groups is 1. The fourth-order valence-corrected chi connectivity index (χ4v) is 0. The summed E-state index contributed by atoms with van der Waals surface area (Å²) in [6.07, 6.45) is 1.69. The summed E-state index contributed by atoms with van der Waals surface area (Å²) in [5.74, 6) is 0. The Kier molecular flexibility index (Phi) is 977. The topological polar surface area (TPSA) is 0 Å². The molecule has 0 unspecified atom stereocenters. The molecule has 6 heavy (non-hydrogen) atoms. The molecule has 0 saturated carbocycles. The molecule has 0 aromatic rings. The van der Waals surface area contributed by atoms with Crippen LogP contribution in [0, 0.1) is 0 Å². The molecule has 0 aliphatic heterocycles. The Morgan fingerprint density at radius 2 is 0.833 bits per heavy atom. The normalized spacial score (nSPS) is 1.00. The number of rotatable bonds is 0. The average Bonchev–Trinajstić information content (AvgIpc) is 1.00. The third-order valence-corrected chi connectivity index (χ3v) is 0. The van der Waals surface area contributed by atoms with E-state index in [2.05, 4.69) is 12.6 Å². The van der Waals surface area contributed by atoms with Crippen LogP contribution in [0.1, 0.15) is 0 Å². The highest BCUT2D eigenvalue weighted by molar-refractivity contribution is 7.79. The van der Waals surface area contributed by atoms with Crippen molar-refractivity contribution in [2.75, 3.05) is 6.26 Å². The van der Waals surface area contributed by atoms with Crippen LogP contribution in [0.4, 0.5) is 0 Å². The molecule has 0 N–H and O–H groups in total. The van der Waals surface area contributed by atoms with Gasteiger partial charge in [0.1, 0.15) is 0 Å². The van der Waals surface area contributed by atoms with Gasteiger partial charge in [-0.3, -0.25) is 0 Å². The quantitative estimate of drug-likeness (QED) is 0.401. The van der Waals surface area contributed by atoms with E-state index in [-0.39, 0.29) is 45.6 Å². The lowest BCUT2D eigenvalue weighted by Gasteiger charge is -1.11. The van der Waals surface area contributed by atoms with Crippen molar-refractivity contribution >= 4 is 58.3 Å². The van der Waals surface area contributed by atoms with Gasteiger partial charge in [0, 0.05) is 0 Å². The summed E-state index contributed by atoms with van der Waals surface area (Å²) >= 11 is 3.53. The van der Waals surface area contributed by atoms with E-state index in [1.165, 1.54) is 0 Å². The van der Waals surface area contributed by atoms with Crippen molar-refractivity contribution in [2.45, 2.75) is 0 Å². The van der Waals surface area contributed by atoms with Gasteiger partial charge in [0.15, 0.2) is 0 Å². The minimum atomic E-state index is 0. The van der Waals surface area contributed by atoms with E-state index >= 15 is 0 Å². The zero-order chi connectivity index (χ0) is 2.00. The summed E-state index contributed by atoms with van der Waals surface area (Å²) in [4.78, 5) is 0. The molecule has 0 aromatic heterocycles. The van der Waals surface area contributed by atoms with E-state index in [0.717, 1.165) is 0 Å². The standard InChI is InChI=1S/CH4S.BH3.3ClH/c1-2;;;;/h2H,1H3;1H3;3*1H. The van der Waals surface area contributed by atoms with Gasteiger partial charge in [-0.1, -0.05) is 0 Å². The van der Waals surface area contributed by atoms with Gasteiger partial charge in [0.25, 0.3) is 0 Å². The van der Waals surface area contributed by atoms with Gasteiger partial charge in [-0.05, 0) is 6.26 Å². The molecular formula is CH10BCl3S. The Labute approximate surface area is 64.7 Å². The minimum absolute atomic E-state index is 0. The largest absolute Gasteiger partial charge is 0.183 e. The maximum absolute atomic E-state index is 3.53. The van der Waals surface area contributed by atoms with Gasteiger partial charge in [-0.15, -0.1) is 37.2 Å². The highest BCUT2D eigenvalue weighted by Gasteiger charge is 0.901. The lowest BCUT2D eigenvalue weighted by atomic mass is 10.8. The van der Waals surface area contributed by atoms with Crippen molar-refractivity contribution in [1.82, 2.24) is 0 Å². The van der Waals surface area contributed by atoms with Crippen LogP contribution in [0.25, 0.3) is 0 Å². The van der Waals surface area contributed by atoms with Crippen molar-refractivity contribution in [3.63, 3.8) is 0 Å². The van der Waals surface area contributed by atoms with E-state index in [4.69, 9.17) is 0 Å². The van der Waals surface area contributed by atoms with E-state index in [1.807, 2.05) is 0 Å². The molecule has 0 nitrogen and oxygen atoms in total. The van der Waals surface area contributed by atoms with Crippen LogP contribution in [0.3, 0.4) is 0 Å². The zero-order valence-corrected chi connectivity index (χ0v) is 6.02. The van der Waals surface area contributed by atoms with E-state index in [0.29, 0.717) is 0 Å². The Hall–Kier alpha value is 1.28. The van der Waals surface area contributed by atoms with Crippen molar-refractivity contribution in [3.05, 3.63) is 0 Å². The fourth-order valence-electron chi connectivity index (χ4n) is 0. The lowest BCUT2D eigenvalue weighted by Crippen LogP contribution is -0.865. The van der Waals surface area contributed by atoms with E-state index in [9.17, 15) is 0 Å². The first kappa shape index (κ1) is 55.1. The molecule has 0 rings (SSSR count). The van der Waals surface area contributed by atoms with Crippen LogP contribution in [-0.2, 0) is 0 Å². The number of hydrogen-bond acceptors (Lipinski definition) is 1. The summed E-state index contributed by atoms with van der Waals surface area (Å²) in [6.45, 7) is 0. The summed E-state index contributed by atoms with van der Waals surface area (Å²) < 4.78 is 0. The van der Waals surface area contributed by atoms with Crippen LogP contribution in [0.2, 0.25) is 0 Å². The predicted molar refractivity (Wildman–Crippen MR) is 46.6 cm³/mol. The van der Waals surface area contributed by atoms with Crippen molar-refractivity contribution in [3.8, 4) is 0 Å². The van der Waals surface area contributed by atoms with Gasteiger partial charge in [0.05, 0.1) is 8.41 Å². The molecule has 0 radical (unpaired) electrons. The Balaban J connectivity index is -0.000000000833. The first-order chi connectivity index (χ1) is 1.00. The second-order valence-corrected chi connectivity index (χ2v) is 0. The summed E-state index contributed by atoms with van der Waals surface area (Å²) in [6, 6.07) is 0. The molecule has 0 aromatic carbocycles. The molecule has 0 saturated heterocycles. The Bertz CT molecular complexity index is 10.8. The van der Waals surface area contributed by atoms with Gasteiger partial charge < -0.3 is 0 Å². The first-order valence-electron chi connectivity index (χ1n) is 0.447. The van der Waals surface area contributed by atoms with Gasteiger partial charge in [-0.25, -0.2) is 0 Å². The maximum atomic E-state index is 3.53. The average molecular weight is 171 g/mol. The third-order valence-electron chi connectivity index (χ3n) is 0. The smallest absolute Gasteiger partial charge is 0.0814 e. The highest BCUT2D eigenvalue weighted by Crippen LogP contribution is 1.31. The van der Waals surface area contributed by atoms with Gasteiger partial charge >= 0.3 is 0 Å². The maximum Gasteiger partial charge on any atom is 0.0814 e. The monoisotopic (exact) mass is 170 g/mol. The predicted octanol–water partition coefficient (Wildman–Crippen LogP) is 0.627. The molecule has 0 spiro atoms. The van der Waals surface area contributed by atoms with Crippen LogP contribution < -0.4 is 0 Å². The van der Waals surface area contributed by atoms with Crippen molar-refractivity contribution in [2.24, 2.45) is 0 Å². The van der Waals surface area contributed by atoms with Gasteiger partial charge in [-0.2, -0.15) is 12.6 Å². The zero-order valence-electron chi connectivity index (χ0n) is 2.67. The Morgan fingerprint density at radius 3 is 0.833 bits per heavy atom. The van der Waals surface area contributed by atoms with Gasteiger partial charge in [0.2, 0.25) is 0 Å². The molecule has 0 aliphatic carbocycles. The van der Waals surface area contributed by atoms with Crippen LogP contribution in [0.15, 0.2) is 0 Å². The highest BCUT2D eigenvalue weighted by atomic mass is 35.5. The molecule has 0 atom stereocenters. The lowest BCUT2D eigenvalue weighted by molar-refractivity contribution is 2.55. The molecule has 0 bridgehead atoms. The van der Waals surface area contributed by atoms with Crippen LogP contribution in [-0.4, -0.2) is 14.7 Å². The SMILES string of the molecule is B.CS.Cl.Cl.Cl. The van der Waals surface area contributed by atoms with Crippen molar-refractivity contribution in [1.29, 1.82) is 0 Å². The molecule has 0 fully saturated rings. The third kappa shape index (κ3) is 58.8. The summed E-state index contributed by atoms with van der Waals surface area (Å²) in [7, 11) is 0. The molecule has 0 aliphatic rings. The van der Waals surface area contributed by atoms with E-state index in [1.54, 1.807) is 6.26 Å². The fraction of sp³-hybridized carbons (Fsp3) is 1.00. The number of hydrogen-bond donors (Lipinski definition) is 1. The van der Waals surface area contributed by atoms with Crippen molar-refractivity contribution < 1.29 is 0 Å². The number of halogens is 3.